The second-order valence-electron chi connectivity index (χ2n) is 8.25. The van der Waals surface area contributed by atoms with Gasteiger partial charge in [-0.25, -0.2) is 10.8 Å². The molecule has 0 aliphatic carbocycles. The summed E-state index contributed by atoms with van der Waals surface area (Å²) in [5.41, 5.74) is 2.79. The van der Waals surface area contributed by atoms with E-state index in [9.17, 15) is 13.2 Å². The lowest BCUT2D eigenvalue weighted by Crippen LogP contribution is -2.52. The molecule has 0 radical (unpaired) electrons. The van der Waals surface area contributed by atoms with Crippen LogP contribution in [-0.2, 0) is 6.18 Å². The number of alkyl halides is 3. The Morgan fingerprint density at radius 1 is 1.18 bits per heavy atom. The number of hydrazine groups is 1. The largest absolute Gasteiger partial charge is 0.459 e. The van der Waals surface area contributed by atoms with Crippen molar-refractivity contribution >= 4 is 22.6 Å². The number of nitrogens with zero attached hydrogens (tertiary/aromatic N) is 4. The summed E-state index contributed by atoms with van der Waals surface area (Å²) in [6.45, 7) is 4.45. The van der Waals surface area contributed by atoms with Gasteiger partial charge >= 0.3 is 6.18 Å². The second kappa shape index (κ2) is 10.4. The number of aromatic nitrogens is 1. The monoisotopic (exact) mass is 474 g/mol. The molecule has 0 bridgehead atoms. The molecule has 1 aromatic carbocycles. The van der Waals surface area contributed by atoms with Gasteiger partial charge in [-0.05, 0) is 30.7 Å². The Kier molecular flexibility index (Phi) is 7.38. The predicted molar refractivity (Wildman–Crippen MR) is 127 cm³/mol. The number of fused-ring (bicyclic) bond motifs is 1. The minimum absolute atomic E-state index is 0.0382. The van der Waals surface area contributed by atoms with Crippen molar-refractivity contribution in [2.24, 2.45) is 10.8 Å². The molecule has 0 amide bonds. The number of benzene rings is 1. The van der Waals surface area contributed by atoms with Gasteiger partial charge in [-0.3, -0.25) is 9.89 Å². The molecule has 10 heteroatoms. The van der Waals surface area contributed by atoms with Crippen molar-refractivity contribution in [2.45, 2.75) is 32.0 Å². The average molecular weight is 475 g/mol. The number of unbranched alkanes of at least 4 members (excludes halogenated alkanes) is 1. The van der Waals surface area contributed by atoms with E-state index in [0.29, 0.717) is 44.3 Å². The fourth-order valence-corrected chi connectivity index (χ4v) is 4.26. The molecule has 1 saturated heterocycles. The highest BCUT2D eigenvalue weighted by Crippen LogP contribution is 2.36. The van der Waals surface area contributed by atoms with Gasteiger partial charge in [0.2, 0.25) is 0 Å². The van der Waals surface area contributed by atoms with Gasteiger partial charge in [0.25, 0.3) is 0 Å². The van der Waals surface area contributed by atoms with E-state index in [1.54, 1.807) is 4.90 Å². The van der Waals surface area contributed by atoms with Crippen molar-refractivity contribution in [1.82, 2.24) is 15.3 Å². The van der Waals surface area contributed by atoms with Crippen LogP contribution >= 0.6 is 0 Å². The highest BCUT2D eigenvalue weighted by atomic mass is 19.4. The number of amidine groups is 1. The Morgan fingerprint density at radius 2 is 1.94 bits per heavy atom. The van der Waals surface area contributed by atoms with Crippen molar-refractivity contribution in [3.05, 3.63) is 60.0 Å². The molecule has 0 spiro atoms. The summed E-state index contributed by atoms with van der Waals surface area (Å²) >= 11 is 0. The van der Waals surface area contributed by atoms with E-state index in [2.05, 4.69) is 27.2 Å². The fraction of sp³-hybridized carbons (Fsp3) is 0.417. The number of piperazine rings is 1. The Bertz CT molecular complexity index is 1090. The van der Waals surface area contributed by atoms with E-state index in [1.807, 2.05) is 30.3 Å². The molecule has 7 nitrogen and oxygen atoms in total. The molecule has 1 aliphatic heterocycles. The lowest BCUT2D eigenvalue weighted by molar-refractivity contribution is -0.137. The number of nitrogens with one attached hydrogen (secondary N) is 1. The first kappa shape index (κ1) is 24.0. The van der Waals surface area contributed by atoms with Crippen LogP contribution in [0.25, 0.3) is 11.0 Å². The third-order valence-electron chi connectivity index (χ3n) is 5.99. The molecule has 1 fully saturated rings. The number of halogens is 3. The molecular formula is C24H29F3N6O. The van der Waals surface area contributed by atoms with Gasteiger partial charge in [-0.15, -0.1) is 0 Å². The first-order chi connectivity index (χ1) is 16.4. The van der Waals surface area contributed by atoms with Crippen LogP contribution in [0.1, 0.15) is 37.1 Å². The average Bonchev–Trinajstić information content (AvgIpc) is 3.27. The van der Waals surface area contributed by atoms with E-state index in [-0.39, 0.29) is 11.9 Å². The number of hydrogen-bond donors (Lipinski definition) is 2. The van der Waals surface area contributed by atoms with Crippen molar-refractivity contribution in [1.29, 1.82) is 0 Å². The van der Waals surface area contributed by atoms with Crippen molar-refractivity contribution in [3.63, 3.8) is 0 Å². The van der Waals surface area contributed by atoms with Gasteiger partial charge in [0.1, 0.15) is 29.0 Å². The van der Waals surface area contributed by atoms with Gasteiger partial charge in [-0.1, -0.05) is 31.5 Å². The molecule has 1 atom stereocenters. The number of nitrogens with two attached hydrogens (primary N) is 1. The molecular weight excluding hydrogens is 445 g/mol. The zero-order valence-corrected chi connectivity index (χ0v) is 19.1. The molecule has 3 N–H and O–H groups in total. The number of rotatable bonds is 7. The van der Waals surface area contributed by atoms with E-state index in [4.69, 9.17) is 10.3 Å². The number of pyridine rings is 1. The van der Waals surface area contributed by atoms with Gasteiger partial charge in [0, 0.05) is 44.3 Å². The van der Waals surface area contributed by atoms with Crippen LogP contribution in [-0.4, -0.2) is 48.4 Å². The summed E-state index contributed by atoms with van der Waals surface area (Å²) in [6.07, 6.45) is -1.14. The summed E-state index contributed by atoms with van der Waals surface area (Å²) in [5.74, 6) is 7.12. The second-order valence-corrected chi connectivity index (χ2v) is 8.25. The zero-order valence-electron chi connectivity index (χ0n) is 19.1. The maximum Gasteiger partial charge on any atom is 0.419 e. The molecule has 3 aromatic rings. The van der Waals surface area contributed by atoms with Gasteiger partial charge in [0.15, 0.2) is 0 Å². The predicted octanol–water partition coefficient (Wildman–Crippen LogP) is 4.37. The first-order valence-electron chi connectivity index (χ1n) is 11.4. The van der Waals surface area contributed by atoms with Crippen LogP contribution in [0.2, 0.25) is 0 Å². The smallest absolute Gasteiger partial charge is 0.419 e. The van der Waals surface area contributed by atoms with Crippen LogP contribution in [0.5, 0.6) is 0 Å². The van der Waals surface area contributed by atoms with Crippen LogP contribution in [0.3, 0.4) is 0 Å². The normalized spacial score (nSPS) is 16.7. The summed E-state index contributed by atoms with van der Waals surface area (Å²) in [5, 5.41) is 0.967. The molecule has 0 saturated carbocycles. The number of furan rings is 1. The van der Waals surface area contributed by atoms with E-state index >= 15 is 0 Å². The van der Waals surface area contributed by atoms with Crippen LogP contribution < -0.4 is 16.2 Å². The molecule has 1 unspecified atom stereocenters. The van der Waals surface area contributed by atoms with Crippen LogP contribution in [0, 0.1) is 0 Å². The van der Waals surface area contributed by atoms with Crippen LogP contribution in [0.15, 0.2) is 58.1 Å². The summed E-state index contributed by atoms with van der Waals surface area (Å²) < 4.78 is 46.7. The first-order valence-corrected chi connectivity index (χ1v) is 11.4. The minimum Gasteiger partial charge on any atom is -0.459 e. The molecule has 3 heterocycles. The topological polar surface area (TPSA) is 82.9 Å². The lowest BCUT2D eigenvalue weighted by atomic mass is 10.1. The summed E-state index contributed by atoms with van der Waals surface area (Å²) in [7, 11) is 0. The molecule has 1 aliphatic rings. The maximum atomic E-state index is 13.5. The molecule has 182 valence electrons. The van der Waals surface area contributed by atoms with Crippen molar-refractivity contribution in [2.75, 3.05) is 37.6 Å². The SMILES string of the molecule is CCCCN=C(NN)C(c1cc2ccccc2o1)N1CCN(c2ncccc2C(F)(F)F)CC1. The van der Waals surface area contributed by atoms with Crippen molar-refractivity contribution in [3.8, 4) is 0 Å². The summed E-state index contributed by atoms with van der Waals surface area (Å²) in [4.78, 5) is 12.5. The Balaban J connectivity index is 1.60. The number of hydrogen-bond acceptors (Lipinski definition) is 6. The molecule has 34 heavy (non-hydrogen) atoms. The quantitative estimate of drug-likeness (QED) is 0.174. The van der Waals surface area contributed by atoms with Gasteiger partial charge in [-0.2, -0.15) is 13.2 Å². The number of anilines is 1. The highest BCUT2D eigenvalue weighted by Gasteiger charge is 2.37. The third-order valence-corrected chi connectivity index (χ3v) is 5.99. The standard InChI is InChI=1S/C24H29F3N6O/c1-2-3-10-29-22(31-28)21(20-16-17-7-4-5-9-19(17)34-20)32-12-14-33(15-13-32)23-18(24(25,26)27)8-6-11-30-23/h4-9,11,16,21H,2-3,10,12-15,28H2,1H3,(H,29,31). The highest BCUT2D eigenvalue weighted by molar-refractivity contribution is 5.89. The van der Waals surface area contributed by atoms with Gasteiger partial charge < -0.3 is 14.7 Å². The van der Waals surface area contributed by atoms with Crippen LogP contribution in [0.4, 0.5) is 19.0 Å². The third kappa shape index (κ3) is 5.18. The number of para-hydroxylation sites is 1. The molecule has 2 aromatic heterocycles. The maximum absolute atomic E-state index is 13.5. The molecule has 4 rings (SSSR count). The Morgan fingerprint density at radius 3 is 2.62 bits per heavy atom. The fourth-order valence-electron chi connectivity index (χ4n) is 4.26. The minimum atomic E-state index is -4.46. The summed E-state index contributed by atoms with van der Waals surface area (Å²) in [6, 6.07) is 11.7. The van der Waals surface area contributed by atoms with Gasteiger partial charge in [0.05, 0.1) is 5.56 Å². The number of aliphatic imine (C=N–C) groups is 1. The van der Waals surface area contributed by atoms with Crippen molar-refractivity contribution < 1.29 is 17.6 Å². The van der Waals surface area contributed by atoms with E-state index < -0.39 is 11.7 Å². The Labute approximate surface area is 196 Å². The van der Waals surface area contributed by atoms with E-state index in [0.717, 1.165) is 29.9 Å². The zero-order chi connectivity index (χ0) is 24.1. The van der Waals surface area contributed by atoms with E-state index in [1.165, 1.54) is 12.3 Å². The Hall–Kier alpha value is -3.11. The lowest BCUT2D eigenvalue weighted by Gasteiger charge is -2.39.